The summed E-state index contributed by atoms with van der Waals surface area (Å²) >= 11 is 11.2. The van der Waals surface area contributed by atoms with Gasteiger partial charge in [-0.3, -0.25) is 9.59 Å². The van der Waals surface area contributed by atoms with Gasteiger partial charge in [-0.15, -0.1) is 38.5 Å². The lowest BCUT2D eigenvalue weighted by Gasteiger charge is -2.52. The summed E-state index contributed by atoms with van der Waals surface area (Å²) in [5.74, 6) is -0.934. The zero-order valence-electron chi connectivity index (χ0n) is 33.5. The van der Waals surface area contributed by atoms with Gasteiger partial charge in [-0.05, 0) is 67.9 Å². The number of alkyl halides is 2. The Labute approximate surface area is 354 Å². The van der Waals surface area contributed by atoms with Gasteiger partial charge in [0.15, 0.2) is 0 Å². The van der Waals surface area contributed by atoms with Gasteiger partial charge >= 0.3 is 11.9 Å². The number of azo groups is 2. The van der Waals surface area contributed by atoms with Crippen LogP contribution in [0.3, 0.4) is 0 Å². The Morgan fingerprint density at radius 1 is 0.678 bits per heavy atom. The number of nitrogens with zero attached hydrogens (tertiary/aromatic N) is 7. The Bertz CT molecular complexity index is 2440. The molecule has 5 aromatic rings. The highest BCUT2D eigenvalue weighted by molar-refractivity contribution is 7.89. The lowest BCUT2D eigenvalue weighted by atomic mass is 9.93. The van der Waals surface area contributed by atoms with Gasteiger partial charge in [-0.2, -0.15) is 9.42 Å². The molecule has 310 valence electrons. The molecule has 0 bridgehead atoms. The zero-order chi connectivity index (χ0) is 42.2. The number of ether oxygens (including phenoxy) is 2. The van der Waals surface area contributed by atoms with Gasteiger partial charge in [0.25, 0.3) is 0 Å². The standard InChI is InChI=1S/C43H47Cl2N7O6S/c1-5-23-43(2)50(3)38-12-8-11-34-37(19-20-39(42(34)38)51(43)4)49-48-36-18-17-35(32-9-6-7-10-33(32)36)47-46-30-13-15-31(16-14-30)59(55,56)52(26-28-57-40(53)21-24-44)27-29-58-41(54)22-25-45/h6-20H,5,21-29H2,1-4H3. The minimum Gasteiger partial charge on any atom is -0.464 e. The molecular weight excluding hydrogens is 813 g/mol. The second-order valence-corrected chi connectivity index (χ2v) is 16.8. The molecule has 0 amide bonds. The second-order valence-electron chi connectivity index (χ2n) is 14.2. The molecule has 0 fully saturated rings. The number of rotatable bonds is 18. The Kier molecular flexibility index (Phi) is 14.2. The average molecular weight is 861 g/mol. The van der Waals surface area contributed by atoms with Crippen LogP contribution in [0.5, 0.6) is 0 Å². The quantitative estimate of drug-likeness (QED) is 0.0481. The number of carbonyl (C=O) groups is 2. The topological polar surface area (TPSA) is 146 Å². The molecule has 1 heterocycles. The van der Waals surface area contributed by atoms with Crippen LogP contribution in [0.25, 0.3) is 21.5 Å². The van der Waals surface area contributed by atoms with Crippen LogP contribution in [-0.4, -0.2) is 82.5 Å². The molecule has 0 aliphatic carbocycles. The van der Waals surface area contributed by atoms with Crippen molar-refractivity contribution in [2.45, 2.75) is 50.1 Å². The molecule has 13 nitrogen and oxygen atoms in total. The highest BCUT2D eigenvalue weighted by Gasteiger charge is 2.39. The first-order valence-corrected chi connectivity index (χ1v) is 21.9. The molecule has 6 rings (SSSR count). The maximum atomic E-state index is 13.7. The van der Waals surface area contributed by atoms with Crippen LogP contribution in [0, 0.1) is 0 Å². The lowest BCUT2D eigenvalue weighted by molar-refractivity contribution is -0.143. The van der Waals surface area contributed by atoms with Crippen LogP contribution in [0.2, 0.25) is 0 Å². The number of halogens is 2. The first kappa shape index (κ1) is 43.4. The van der Waals surface area contributed by atoms with Crippen LogP contribution >= 0.6 is 23.2 Å². The molecule has 1 aliphatic rings. The summed E-state index contributed by atoms with van der Waals surface area (Å²) in [6.07, 6.45) is 2.07. The summed E-state index contributed by atoms with van der Waals surface area (Å²) in [6, 6.07) is 27.8. The van der Waals surface area contributed by atoms with Crippen molar-refractivity contribution >= 4 is 101 Å². The normalized spacial score (nSPS) is 15.6. The first-order chi connectivity index (χ1) is 28.4. The molecule has 16 heteroatoms. The SMILES string of the molecule is CCCC1(C)N(C)c2cccc3c(N=Nc4ccc(N=Nc5ccc(S(=O)(=O)N(CCOC(=O)CCCl)CCOC(=O)CCCl)cc5)c5ccccc45)ccc(c23)N1C. The highest BCUT2D eigenvalue weighted by Crippen LogP contribution is 2.48. The van der Waals surface area contributed by atoms with Crippen molar-refractivity contribution in [1.82, 2.24) is 4.31 Å². The fourth-order valence-electron chi connectivity index (χ4n) is 7.22. The molecule has 1 unspecified atom stereocenters. The van der Waals surface area contributed by atoms with Gasteiger partial charge in [0.1, 0.15) is 18.9 Å². The van der Waals surface area contributed by atoms with E-state index in [0.29, 0.717) is 17.1 Å². The third kappa shape index (κ3) is 9.51. The Morgan fingerprint density at radius 3 is 1.71 bits per heavy atom. The number of esters is 2. The zero-order valence-corrected chi connectivity index (χ0v) is 35.8. The van der Waals surface area contributed by atoms with Crippen LogP contribution in [-0.2, 0) is 29.1 Å². The second kappa shape index (κ2) is 19.3. The molecular formula is C43H47Cl2N7O6S. The Morgan fingerprint density at radius 2 is 1.17 bits per heavy atom. The fraction of sp³-hybridized carbons (Fsp3) is 0.349. The van der Waals surface area contributed by atoms with Crippen molar-refractivity contribution in [1.29, 1.82) is 0 Å². The number of hydrogen-bond acceptors (Lipinski definition) is 12. The number of fused-ring (bicyclic) bond motifs is 1. The molecule has 1 atom stereocenters. The Balaban J connectivity index is 1.21. The minimum atomic E-state index is -4.09. The minimum absolute atomic E-state index is 0.00570. The fourth-order valence-corrected chi connectivity index (χ4v) is 8.94. The monoisotopic (exact) mass is 859 g/mol. The van der Waals surface area contributed by atoms with E-state index in [2.05, 4.69) is 72.2 Å². The summed E-state index contributed by atoms with van der Waals surface area (Å²) in [5, 5.41) is 22.3. The number of anilines is 2. The van der Waals surface area contributed by atoms with E-state index in [4.69, 9.17) is 42.9 Å². The van der Waals surface area contributed by atoms with Crippen LogP contribution in [0.1, 0.15) is 39.5 Å². The van der Waals surface area contributed by atoms with Crippen molar-refractivity contribution < 1.29 is 27.5 Å². The van der Waals surface area contributed by atoms with Crippen LogP contribution in [0.15, 0.2) is 116 Å². The van der Waals surface area contributed by atoms with Gasteiger partial charge in [-0.25, -0.2) is 8.42 Å². The summed E-state index contributed by atoms with van der Waals surface area (Å²) in [4.78, 5) is 28.3. The third-order valence-electron chi connectivity index (χ3n) is 10.6. The number of sulfonamides is 1. The third-order valence-corrected chi connectivity index (χ3v) is 12.9. The van der Waals surface area contributed by atoms with Crippen molar-refractivity contribution in [3.05, 3.63) is 91.0 Å². The van der Waals surface area contributed by atoms with Gasteiger partial charge in [0.05, 0.1) is 40.5 Å². The van der Waals surface area contributed by atoms with E-state index in [1.807, 2.05) is 42.5 Å². The molecule has 59 heavy (non-hydrogen) atoms. The smallest absolute Gasteiger partial charge is 0.307 e. The van der Waals surface area contributed by atoms with Gasteiger partial charge < -0.3 is 19.3 Å². The van der Waals surface area contributed by atoms with E-state index in [-0.39, 0.29) is 61.5 Å². The maximum Gasteiger partial charge on any atom is 0.307 e. The van der Waals surface area contributed by atoms with E-state index < -0.39 is 22.0 Å². The summed E-state index contributed by atoms with van der Waals surface area (Å²) in [5.41, 5.74) is 4.63. The van der Waals surface area contributed by atoms with E-state index in [0.717, 1.165) is 44.4 Å². The molecule has 0 radical (unpaired) electrons. The maximum absolute atomic E-state index is 13.7. The van der Waals surface area contributed by atoms with Gasteiger partial charge in [0.2, 0.25) is 10.0 Å². The molecule has 0 aromatic heterocycles. The van der Waals surface area contributed by atoms with E-state index >= 15 is 0 Å². The predicted octanol–water partition coefficient (Wildman–Crippen LogP) is 10.6. The largest absolute Gasteiger partial charge is 0.464 e. The van der Waals surface area contributed by atoms with Crippen LogP contribution < -0.4 is 9.80 Å². The molecule has 0 saturated heterocycles. The van der Waals surface area contributed by atoms with E-state index in [1.165, 1.54) is 23.5 Å². The lowest BCUT2D eigenvalue weighted by Crippen LogP contribution is -2.58. The van der Waals surface area contributed by atoms with Crippen molar-refractivity contribution in [2.75, 3.05) is 62.0 Å². The van der Waals surface area contributed by atoms with E-state index in [1.54, 1.807) is 12.1 Å². The number of hydrogen-bond donors (Lipinski definition) is 0. The summed E-state index contributed by atoms with van der Waals surface area (Å²) < 4.78 is 38.7. The highest BCUT2D eigenvalue weighted by atomic mass is 35.5. The van der Waals surface area contributed by atoms with Crippen molar-refractivity contribution in [3.63, 3.8) is 0 Å². The van der Waals surface area contributed by atoms with Crippen molar-refractivity contribution in [3.8, 4) is 0 Å². The molecule has 0 N–H and O–H groups in total. The molecule has 0 spiro atoms. The predicted molar refractivity (Wildman–Crippen MR) is 234 cm³/mol. The number of benzene rings is 5. The summed E-state index contributed by atoms with van der Waals surface area (Å²) in [6.45, 7) is 3.77. The average Bonchev–Trinajstić information content (AvgIpc) is 3.23. The first-order valence-electron chi connectivity index (χ1n) is 19.3. The van der Waals surface area contributed by atoms with Gasteiger partial charge in [0, 0.05) is 71.9 Å². The summed E-state index contributed by atoms with van der Waals surface area (Å²) in [7, 11) is 0.222. The number of carbonyl (C=O) groups excluding carboxylic acids is 2. The molecule has 1 aliphatic heterocycles. The van der Waals surface area contributed by atoms with Gasteiger partial charge in [-0.1, -0.05) is 49.7 Å². The van der Waals surface area contributed by atoms with Crippen molar-refractivity contribution in [2.24, 2.45) is 20.5 Å². The van der Waals surface area contributed by atoms with E-state index in [9.17, 15) is 18.0 Å². The molecule has 5 aromatic carbocycles. The van der Waals surface area contributed by atoms with Crippen LogP contribution in [0.4, 0.5) is 34.1 Å². The molecule has 0 saturated carbocycles. The Hall–Kier alpha value is -5.15.